The van der Waals surface area contributed by atoms with Gasteiger partial charge < -0.3 is 9.72 Å². The van der Waals surface area contributed by atoms with Crippen LogP contribution in [0.25, 0.3) is 0 Å². The Kier molecular flexibility index (Phi) is 4.62. The molecule has 2 aliphatic carbocycles. The van der Waals surface area contributed by atoms with E-state index in [0.717, 1.165) is 42.5 Å². The van der Waals surface area contributed by atoms with Crippen LogP contribution >= 0.6 is 11.6 Å². The molecule has 1 saturated carbocycles. The normalized spacial score (nSPS) is 20.2. The summed E-state index contributed by atoms with van der Waals surface area (Å²) >= 11 is 5.96. The van der Waals surface area contributed by atoms with E-state index in [1.165, 1.54) is 0 Å². The topological polar surface area (TPSA) is 59.2 Å². The number of aromatic nitrogens is 1. The number of ether oxygens (including phenoxy) is 1. The minimum Gasteiger partial charge on any atom is -0.458 e. The number of nitrogens with one attached hydrogen (secondary N) is 1. The van der Waals surface area contributed by atoms with E-state index < -0.39 is 0 Å². The second-order valence-corrected chi connectivity index (χ2v) is 7.81. The highest BCUT2D eigenvalue weighted by Gasteiger charge is 2.33. The van der Waals surface area contributed by atoms with Crippen molar-refractivity contribution >= 4 is 23.4 Å². The summed E-state index contributed by atoms with van der Waals surface area (Å²) in [7, 11) is 0. The lowest BCUT2D eigenvalue weighted by Gasteiger charge is -2.22. The van der Waals surface area contributed by atoms with Gasteiger partial charge in [-0.15, -0.1) is 0 Å². The molecule has 0 bridgehead atoms. The molecule has 5 heteroatoms. The van der Waals surface area contributed by atoms with E-state index in [1.54, 1.807) is 0 Å². The number of halogens is 1. The maximum atomic E-state index is 12.7. The third kappa shape index (κ3) is 3.18. The first-order valence-corrected chi connectivity index (χ1v) is 9.62. The van der Waals surface area contributed by atoms with Gasteiger partial charge in [0.1, 0.15) is 11.8 Å². The van der Waals surface area contributed by atoms with Gasteiger partial charge in [-0.05, 0) is 68.2 Å². The molecule has 1 N–H and O–H groups in total. The monoisotopic (exact) mass is 371 g/mol. The predicted octanol–water partition coefficient (Wildman–Crippen LogP) is 4.99. The van der Waals surface area contributed by atoms with Crippen LogP contribution in [-0.2, 0) is 11.2 Å². The Labute approximate surface area is 157 Å². The van der Waals surface area contributed by atoms with Crippen molar-refractivity contribution in [1.82, 2.24) is 4.98 Å². The molecular formula is C21H22ClNO3. The van der Waals surface area contributed by atoms with Crippen LogP contribution in [0.15, 0.2) is 24.3 Å². The van der Waals surface area contributed by atoms with Crippen LogP contribution in [0, 0.1) is 6.92 Å². The van der Waals surface area contributed by atoms with Crippen molar-refractivity contribution in [3.05, 3.63) is 57.4 Å². The number of fused-ring (bicyclic) bond motifs is 1. The van der Waals surface area contributed by atoms with Crippen molar-refractivity contribution in [2.24, 2.45) is 0 Å². The number of Topliss-reactive ketones (excluding diaryl/α,β-unsaturated/α-hetero) is 1. The SMILES string of the molecule is Cc1c(C(=O)OC2CCCC2)[nH]c2c1C(=O)C[C@@H](c1ccc(Cl)cc1)C2. The van der Waals surface area contributed by atoms with E-state index in [1.807, 2.05) is 31.2 Å². The average molecular weight is 372 g/mol. The Balaban J connectivity index is 1.59. The second kappa shape index (κ2) is 6.92. The Morgan fingerprint density at radius 2 is 1.85 bits per heavy atom. The zero-order valence-corrected chi connectivity index (χ0v) is 15.6. The molecule has 26 heavy (non-hydrogen) atoms. The minimum atomic E-state index is -0.334. The number of rotatable bonds is 3. The fourth-order valence-electron chi connectivity index (χ4n) is 4.22. The molecule has 0 aliphatic heterocycles. The van der Waals surface area contributed by atoms with Gasteiger partial charge in [0.25, 0.3) is 0 Å². The Hall–Kier alpha value is -2.07. The molecule has 1 aromatic carbocycles. The third-order valence-electron chi connectivity index (χ3n) is 5.61. The van der Waals surface area contributed by atoms with Gasteiger partial charge in [0.05, 0.1) is 0 Å². The summed E-state index contributed by atoms with van der Waals surface area (Å²) in [5.41, 5.74) is 3.77. The molecule has 2 aromatic rings. The lowest BCUT2D eigenvalue weighted by atomic mass is 9.81. The van der Waals surface area contributed by atoms with Crippen molar-refractivity contribution < 1.29 is 14.3 Å². The first kappa shape index (κ1) is 17.3. The van der Waals surface area contributed by atoms with E-state index in [0.29, 0.717) is 29.1 Å². The van der Waals surface area contributed by atoms with Crippen LogP contribution in [0.5, 0.6) is 0 Å². The van der Waals surface area contributed by atoms with E-state index in [9.17, 15) is 9.59 Å². The fraction of sp³-hybridized carbons (Fsp3) is 0.429. The fourth-order valence-corrected chi connectivity index (χ4v) is 4.35. The summed E-state index contributed by atoms with van der Waals surface area (Å²) in [5.74, 6) is -0.150. The Morgan fingerprint density at radius 3 is 2.54 bits per heavy atom. The molecule has 0 unspecified atom stereocenters. The van der Waals surface area contributed by atoms with Crippen LogP contribution in [-0.4, -0.2) is 22.8 Å². The van der Waals surface area contributed by atoms with Crippen LogP contribution in [0.4, 0.5) is 0 Å². The molecular weight excluding hydrogens is 350 g/mol. The molecule has 1 fully saturated rings. The molecule has 0 spiro atoms. The summed E-state index contributed by atoms with van der Waals surface area (Å²) in [6.07, 6.45) is 5.26. The molecule has 4 nitrogen and oxygen atoms in total. The number of aromatic amines is 1. The predicted molar refractivity (Wildman–Crippen MR) is 100 cm³/mol. The lowest BCUT2D eigenvalue weighted by Crippen LogP contribution is -2.18. The molecule has 4 rings (SSSR count). The Morgan fingerprint density at radius 1 is 1.15 bits per heavy atom. The summed E-state index contributed by atoms with van der Waals surface area (Å²) < 4.78 is 5.62. The zero-order chi connectivity index (χ0) is 18.3. The van der Waals surface area contributed by atoms with Gasteiger partial charge in [-0.3, -0.25) is 4.79 Å². The molecule has 0 amide bonds. The summed E-state index contributed by atoms with van der Waals surface area (Å²) in [6.45, 7) is 1.83. The standard InChI is InChI=1S/C21H22ClNO3/c1-12-19-17(23-20(12)21(25)26-16-4-2-3-5-16)10-14(11-18(19)24)13-6-8-15(22)9-7-13/h6-9,14,16,23H,2-5,10-11H2,1H3/t14-/m0/s1. The number of esters is 1. The van der Waals surface area contributed by atoms with Crippen LogP contribution in [0.3, 0.4) is 0 Å². The van der Waals surface area contributed by atoms with Crippen molar-refractivity contribution in [2.45, 2.75) is 57.5 Å². The largest absolute Gasteiger partial charge is 0.458 e. The van der Waals surface area contributed by atoms with Crippen LogP contribution in [0.1, 0.15) is 75.7 Å². The quantitative estimate of drug-likeness (QED) is 0.773. The smallest absolute Gasteiger partial charge is 0.355 e. The molecule has 0 saturated heterocycles. The summed E-state index contributed by atoms with van der Waals surface area (Å²) in [4.78, 5) is 28.5. The number of hydrogen-bond acceptors (Lipinski definition) is 3. The highest BCUT2D eigenvalue weighted by molar-refractivity contribution is 6.30. The van der Waals surface area contributed by atoms with Crippen molar-refractivity contribution in [3.8, 4) is 0 Å². The van der Waals surface area contributed by atoms with Gasteiger partial charge in [0.15, 0.2) is 5.78 Å². The molecule has 2 aliphatic rings. The first-order chi connectivity index (χ1) is 12.5. The highest BCUT2D eigenvalue weighted by Crippen LogP contribution is 2.35. The maximum Gasteiger partial charge on any atom is 0.355 e. The zero-order valence-electron chi connectivity index (χ0n) is 14.8. The highest BCUT2D eigenvalue weighted by atomic mass is 35.5. The van der Waals surface area contributed by atoms with Gasteiger partial charge in [0.2, 0.25) is 0 Å². The third-order valence-corrected chi connectivity index (χ3v) is 5.86. The van der Waals surface area contributed by atoms with Gasteiger partial charge in [-0.25, -0.2) is 4.79 Å². The first-order valence-electron chi connectivity index (χ1n) is 9.24. The minimum absolute atomic E-state index is 0.0137. The summed E-state index contributed by atoms with van der Waals surface area (Å²) in [5, 5.41) is 0.684. The van der Waals surface area contributed by atoms with Crippen molar-refractivity contribution in [1.29, 1.82) is 0 Å². The van der Waals surface area contributed by atoms with E-state index in [-0.39, 0.29) is 23.8 Å². The number of H-pyrrole nitrogens is 1. The number of benzene rings is 1. The average Bonchev–Trinajstić information content (AvgIpc) is 3.23. The van der Waals surface area contributed by atoms with E-state index >= 15 is 0 Å². The second-order valence-electron chi connectivity index (χ2n) is 7.37. The van der Waals surface area contributed by atoms with Crippen LogP contribution < -0.4 is 0 Å². The molecule has 136 valence electrons. The van der Waals surface area contributed by atoms with Gasteiger partial charge in [-0.2, -0.15) is 0 Å². The summed E-state index contributed by atoms with van der Waals surface area (Å²) in [6, 6.07) is 7.63. The Bertz CT molecular complexity index is 847. The van der Waals surface area contributed by atoms with Gasteiger partial charge in [-0.1, -0.05) is 23.7 Å². The number of ketones is 1. The molecule has 0 radical (unpaired) electrons. The van der Waals surface area contributed by atoms with E-state index in [2.05, 4.69) is 4.98 Å². The number of hydrogen-bond donors (Lipinski definition) is 1. The number of carbonyl (C=O) groups excluding carboxylic acids is 2. The molecule has 1 atom stereocenters. The van der Waals surface area contributed by atoms with Gasteiger partial charge in [0, 0.05) is 22.7 Å². The van der Waals surface area contributed by atoms with Crippen molar-refractivity contribution in [2.75, 3.05) is 0 Å². The maximum absolute atomic E-state index is 12.7. The van der Waals surface area contributed by atoms with Crippen molar-refractivity contribution in [3.63, 3.8) is 0 Å². The number of carbonyl (C=O) groups is 2. The molecule has 1 aromatic heterocycles. The van der Waals surface area contributed by atoms with Gasteiger partial charge >= 0.3 is 5.97 Å². The molecule has 1 heterocycles. The van der Waals surface area contributed by atoms with Crippen LogP contribution in [0.2, 0.25) is 5.02 Å². The lowest BCUT2D eigenvalue weighted by molar-refractivity contribution is 0.0310. The van der Waals surface area contributed by atoms with E-state index in [4.69, 9.17) is 16.3 Å².